The molecule has 0 radical (unpaired) electrons. The van der Waals surface area contributed by atoms with Crippen LogP contribution in [0.4, 0.5) is 15.8 Å². The van der Waals surface area contributed by atoms with Crippen molar-refractivity contribution in [2.45, 2.75) is 43.2 Å². The van der Waals surface area contributed by atoms with E-state index in [4.69, 9.17) is 11.6 Å². The first-order valence-electron chi connectivity index (χ1n) is 14.0. The number of benzene rings is 2. The number of pyridine rings is 2. The number of nitrogens with zero attached hydrogens (tertiary/aromatic N) is 5. The number of nitrogens with one attached hydrogen (secondary N) is 4. The number of rotatable bonds is 10. The van der Waals surface area contributed by atoms with Crippen molar-refractivity contribution in [3.05, 3.63) is 107 Å². The van der Waals surface area contributed by atoms with Gasteiger partial charge in [-0.15, -0.1) is 5.53 Å². The lowest BCUT2D eigenvalue weighted by atomic mass is 9.70. The van der Waals surface area contributed by atoms with Gasteiger partial charge in [-0.3, -0.25) is 9.99 Å². The minimum Gasteiger partial charge on any atom is -0.378 e. The number of fused-ring (bicyclic) bond motifs is 1. The van der Waals surface area contributed by atoms with Crippen molar-refractivity contribution >= 4 is 41.7 Å². The Bertz CT molecular complexity index is 1770. The summed E-state index contributed by atoms with van der Waals surface area (Å²) in [4.78, 5) is 8.42. The Hall–Kier alpha value is -4.84. The van der Waals surface area contributed by atoms with Crippen molar-refractivity contribution in [3.63, 3.8) is 0 Å². The molecule has 9 nitrogen and oxygen atoms in total. The molecule has 12 heteroatoms. The van der Waals surface area contributed by atoms with Crippen molar-refractivity contribution in [2.24, 2.45) is 0 Å². The first-order valence-corrected chi connectivity index (χ1v) is 14.4. The van der Waals surface area contributed by atoms with Crippen LogP contribution in [0.1, 0.15) is 48.4 Å². The van der Waals surface area contributed by atoms with E-state index in [1.165, 1.54) is 18.5 Å². The van der Waals surface area contributed by atoms with Crippen LogP contribution in [-0.4, -0.2) is 28.9 Å². The highest BCUT2D eigenvalue weighted by Crippen LogP contribution is 2.39. The van der Waals surface area contributed by atoms with Crippen LogP contribution in [0.2, 0.25) is 5.02 Å². The quantitative estimate of drug-likeness (QED) is 0.149. The number of halogens is 2. The highest BCUT2D eigenvalue weighted by Gasteiger charge is 2.38. The second-order valence-corrected chi connectivity index (χ2v) is 11.3. The Labute approximate surface area is 254 Å². The van der Waals surface area contributed by atoms with Crippen LogP contribution < -0.4 is 21.6 Å². The van der Waals surface area contributed by atoms with E-state index in [9.17, 15) is 14.9 Å². The largest absolute Gasteiger partial charge is 0.378 e. The molecule has 2 aromatic carbocycles. The molecule has 4 N–H and O–H groups in total. The normalized spacial score (nSPS) is 16.4. The Balaban J connectivity index is 1.44. The van der Waals surface area contributed by atoms with Gasteiger partial charge in [0.25, 0.3) is 0 Å². The number of aromatic nitrogens is 2. The highest BCUT2D eigenvalue weighted by atomic mass is 35.5. The van der Waals surface area contributed by atoms with E-state index < -0.39 is 11.4 Å². The minimum atomic E-state index is -0.873. The lowest BCUT2D eigenvalue weighted by Gasteiger charge is -2.33. The van der Waals surface area contributed by atoms with E-state index in [1.807, 2.05) is 55.5 Å². The van der Waals surface area contributed by atoms with Crippen LogP contribution >= 0.6 is 11.6 Å². The Morgan fingerprint density at radius 2 is 1.95 bits per heavy atom. The Morgan fingerprint density at radius 3 is 2.65 bits per heavy atom. The molecule has 0 spiro atoms. The summed E-state index contributed by atoms with van der Waals surface area (Å²) >= 11 is 6.83. The summed E-state index contributed by atoms with van der Waals surface area (Å²) in [6.07, 6.45) is 8.11. The lowest BCUT2D eigenvalue weighted by molar-refractivity contribution is 0.260. The van der Waals surface area contributed by atoms with Crippen LogP contribution in [0.15, 0.2) is 78.9 Å². The number of anilines is 2. The van der Waals surface area contributed by atoms with E-state index >= 15 is 0 Å². The van der Waals surface area contributed by atoms with Gasteiger partial charge >= 0.3 is 0 Å². The number of hydrogen-bond donors (Lipinski definition) is 4. The van der Waals surface area contributed by atoms with Crippen LogP contribution in [0.5, 0.6) is 0 Å². The molecule has 2 aliphatic rings. The zero-order chi connectivity index (χ0) is 30.0. The summed E-state index contributed by atoms with van der Waals surface area (Å²) < 4.78 is 13.8. The van der Waals surface area contributed by atoms with E-state index in [-0.39, 0.29) is 6.04 Å². The molecule has 2 aromatic heterocycles. The zero-order valence-electron chi connectivity index (χ0n) is 23.4. The molecule has 1 saturated carbocycles. The van der Waals surface area contributed by atoms with Gasteiger partial charge in [0, 0.05) is 42.1 Å². The summed E-state index contributed by atoms with van der Waals surface area (Å²) in [6, 6.07) is 21.2. The van der Waals surface area contributed by atoms with Crippen molar-refractivity contribution in [1.82, 2.24) is 25.9 Å². The predicted molar refractivity (Wildman–Crippen MR) is 166 cm³/mol. The van der Waals surface area contributed by atoms with E-state index in [2.05, 4.69) is 43.7 Å². The van der Waals surface area contributed by atoms with Gasteiger partial charge in [-0.1, -0.05) is 48.0 Å². The fourth-order valence-electron chi connectivity index (χ4n) is 5.35. The summed E-state index contributed by atoms with van der Waals surface area (Å²) in [6.45, 7) is 0. The summed E-state index contributed by atoms with van der Waals surface area (Å²) in [5.74, 6) is -0.568. The van der Waals surface area contributed by atoms with Crippen molar-refractivity contribution in [2.75, 3.05) is 10.6 Å². The molecule has 4 aromatic rings. The van der Waals surface area contributed by atoms with Crippen molar-refractivity contribution in [3.8, 4) is 12.1 Å². The van der Waals surface area contributed by atoms with Crippen LogP contribution in [0, 0.1) is 28.6 Å². The molecule has 1 aliphatic carbocycles. The molecule has 214 valence electrons. The second kappa shape index (κ2) is 11.8. The average Bonchev–Trinajstić information content (AvgIpc) is 3.75. The zero-order valence-corrected chi connectivity index (χ0v) is 24.2. The molecule has 2 atom stereocenters. The van der Waals surface area contributed by atoms with Gasteiger partial charge in [-0.2, -0.15) is 14.9 Å². The maximum Gasteiger partial charge on any atom is 0.212 e. The van der Waals surface area contributed by atoms with Crippen LogP contribution in [0.25, 0.3) is 10.9 Å². The molecule has 43 heavy (non-hydrogen) atoms. The summed E-state index contributed by atoms with van der Waals surface area (Å²) in [5, 5.41) is 29.6. The molecule has 3 heterocycles. The van der Waals surface area contributed by atoms with Gasteiger partial charge in [-0.25, -0.2) is 4.98 Å². The second-order valence-electron chi connectivity index (χ2n) is 10.9. The fraction of sp³-hybridized carbons (Fsp3) is 0.226. The average molecular weight is 592 g/mol. The SMILES string of the molecule is BC(Nc1cc(Cl)c2ncc(C#N)c(N[C@H](CCC#N)c3ccccc3)c2c1)(C1=CN(C2CC2)NN1)c1ccc(F)nc1. The van der Waals surface area contributed by atoms with Crippen molar-refractivity contribution in [1.29, 1.82) is 10.5 Å². The minimum absolute atomic E-state index is 0.225. The third-order valence-electron chi connectivity index (χ3n) is 7.88. The van der Waals surface area contributed by atoms with Gasteiger partial charge in [0.2, 0.25) is 5.95 Å². The van der Waals surface area contributed by atoms with Gasteiger partial charge in [0.15, 0.2) is 0 Å². The Kier molecular flexibility index (Phi) is 7.77. The third kappa shape index (κ3) is 5.78. The molecule has 0 saturated heterocycles. The number of hydrogen-bond acceptors (Lipinski definition) is 9. The molecule has 1 fully saturated rings. The fourth-order valence-corrected chi connectivity index (χ4v) is 5.62. The van der Waals surface area contributed by atoms with E-state index in [0.717, 1.165) is 29.7 Å². The monoisotopic (exact) mass is 591 g/mol. The first kappa shape index (κ1) is 28.3. The van der Waals surface area contributed by atoms with Crippen LogP contribution in [0.3, 0.4) is 0 Å². The predicted octanol–water partition coefficient (Wildman–Crippen LogP) is 4.98. The Morgan fingerprint density at radius 1 is 1.14 bits per heavy atom. The first-order chi connectivity index (χ1) is 20.9. The lowest BCUT2D eigenvalue weighted by Crippen LogP contribution is -2.45. The molecular formula is C31H28BClFN9. The molecule has 0 amide bonds. The van der Waals surface area contributed by atoms with E-state index in [1.54, 1.807) is 12.1 Å². The maximum atomic E-state index is 13.8. The van der Waals surface area contributed by atoms with Gasteiger partial charge in [-0.05, 0) is 48.6 Å². The third-order valence-corrected chi connectivity index (χ3v) is 8.16. The topological polar surface area (TPSA) is 125 Å². The van der Waals surface area contributed by atoms with Crippen molar-refractivity contribution < 1.29 is 4.39 Å². The molecule has 6 rings (SSSR count). The number of hydrazine groups is 2. The maximum absolute atomic E-state index is 13.8. The molecular weight excluding hydrogens is 564 g/mol. The molecule has 1 unspecified atom stereocenters. The van der Waals surface area contributed by atoms with Gasteiger partial charge in [0.1, 0.15) is 13.9 Å². The molecule has 0 bridgehead atoms. The van der Waals surface area contributed by atoms with E-state index in [0.29, 0.717) is 51.7 Å². The molecule has 1 aliphatic heterocycles. The highest BCUT2D eigenvalue weighted by molar-refractivity contribution is 6.36. The number of nitriles is 2. The smallest absolute Gasteiger partial charge is 0.212 e. The van der Waals surface area contributed by atoms with Crippen LogP contribution in [-0.2, 0) is 5.44 Å². The standard InChI is InChI=1S/C31H28BClFN9/c32-31(21-8-11-28(34)37-17-21,27-18-43(42-41-27)23-9-10-23)40-22-13-24-29(20(15-36)16-38-30(24)25(33)14-22)39-26(7-4-12-35)19-5-2-1-3-6-19/h1-3,5-6,8,11,13-14,16-18,23,26,40-42H,4,7,9-10,32H2,(H,38,39)/t26-,31?/m1/s1. The summed E-state index contributed by atoms with van der Waals surface area (Å²) in [5.41, 5.74) is 10.3. The summed E-state index contributed by atoms with van der Waals surface area (Å²) in [7, 11) is 1.98. The van der Waals surface area contributed by atoms with Gasteiger partial charge in [0.05, 0.1) is 45.0 Å². The van der Waals surface area contributed by atoms with Gasteiger partial charge < -0.3 is 16.1 Å².